The van der Waals surface area contributed by atoms with Crippen molar-refractivity contribution in [2.45, 2.75) is 58.0 Å². The van der Waals surface area contributed by atoms with Crippen LogP contribution in [0.1, 0.15) is 57.9 Å². The van der Waals surface area contributed by atoms with Crippen LogP contribution in [0.25, 0.3) is 0 Å². The molecule has 2 nitrogen and oxygen atoms in total. The largest absolute Gasteiger partial charge is 0.383 e. The number of nitriles is 1. The zero-order chi connectivity index (χ0) is 14.6. The van der Waals surface area contributed by atoms with Crippen LogP contribution in [0.2, 0.25) is 0 Å². The highest BCUT2D eigenvalue weighted by Crippen LogP contribution is 2.53. The van der Waals surface area contributed by atoms with Crippen molar-refractivity contribution in [2.24, 2.45) is 11.3 Å². The monoisotopic (exact) mass is 271 g/mol. The smallest absolute Gasteiger partial charge is 0.108 e. The fourth-order valence-electron chi connectivity index (χ4n) is 3.84. The summed E-state index contributed by atoms with van der Waals surface area (Å²) in [6.07, 6.45) is 5.53. The van der Waals surface area contributed by atoms with Crippen molar-refractivity contribution in [3.63, 3.8) is 0 Å². The summed E-state index contributed by atoms with van der Waals surface area (Å²) < 4.78 is 0. The minimum atomic E-state index is -1.03. The maximum atomic E-state index is 11.4. The summed E-state index contributed by atoms with van der Waals surface area (Å²) in [6.45, 7) is 4.17. The van der Waals surface area contributed by atoms with E-state index >= 15 is 0 Å². The van der Waals surface area contributed by atoms with Gasteiger partial charge in [-0.3, -0.25) is 0 Å². The molecule has 1 aromatic rings. The van der Waals surface area contributed by atoms with E-state index in [-0.39, 0.29) is 0 Å². The van der Waals surface area contributed by atoms with Crippen LogP contribution >= 0.6 is 0 Å². The van der Waals surface area contributed by atoms with E-state index in [1.807, 2.05) is 37.3 Å². The first-order valence-electron chi connectivity index (χ1n) is 7.81. The Morgan fingerprint density at radius 1 is 1.35 bits per heavy atom. The minimum Gasteiger partial charge on any atom is -0.383 e. The highest BCUT2D eigenvalue weighted by molar-refractivity contribution is 5.29. The van der Waals surface area contributed by atoms with Gasteiger partial charge in [0.25, 0.3) is 0 Å². The van der Waals surface area contributed by atoms with Crippen molar-refractivity contribution in [3.05, 3.63) is 35.9 Å². The Kier molecular flexibility index (Phi) is 4.50. The molecule has 0 bridgehead atoms. The lowest BCUT2D eigenvalue weighted by Crippen LogP contribution is -2.47. The Morgan fingerprint density at radius 2 is 2.05 bits per heavy atom. The Morgan fingerprint density at radius 3 is 2.60 bits per heavy atom. The predicted molar refractivity (Wildman–Crippen MR) is 80.9 cm³/mol. The van der Waals surface area contributed by atoms with E-state index in [9.17, 15) is 10.4 Å². The van der Waals surface area contributed by atoms with Crippen LogP contribution in [-0.2, 0) is 5.60 Å². The molecule has 0 saturated heterocycles. The van der Waals surface area contributed by atoms with Crippen LogP contribution in [0.15, 0.2) is 30.3 Å². The summed E-state index contributed by atoms with van der Waals surface area (Å²) in [4.78, 5) is 0. The van der Waals surface area contributed by atoms with Gasteiger partial charge in [-0.1, -0.05) is 63.4 Å². The van der Waals surface area contributed by atoms with Gasteiger partial charge in [-0.25, -0.2) is 0 Å². The first-order chi connectivity index (χ1) is 9.62. The van der Waals surface area contributed by atoms with Crippen LogP contribution < -0.4 is 0 Å². The first kappa shape index (κ1) is 15.1. The third-order valence-electron chi connectivity index (χ3n) is 5.20. The second-order valence-electron chi connectivity index (χ2n) is 6.14. The molecule has 2 heteroatoms. The van der Waals surface area contributed by atoms with Gasteiger partial charge in [0.2, 0.25) is 0 Å². The van der Waals surface area contributed by atoms with Crippen molar-refractivity contribution >= 4 is 0 Å². The van der Waals surface area contributed by atoms with Crippen LogP contribution in [-0.4, -0.2) is 5.11 Å². The molecular weight excluding hydrogens is 246 g/mol. The molecular formula is C18H25NO. The van der Waals surface area contributed by atoms with Gasteiger partial charge < -0.3 is 5.11 Å². The molecule has 3 unspecified atom stereocenters. The molecule has 0 aromatic heterocycles. The average molecular weight is 271 g/mol. The summed E-state index contributed by atoms with van der Waals surface area (Å²) in [6, 6.07) is 12.3. The van der Waals surface area contributed by atoms with Crippen molar-refractivity contribution in [3.8, 4) is 6.07 Å². The van der Waals surface area contributed by atoms with Crippen molar-refractivity contribution < 1.29 is 5.11 Å². The van der Waals surface area contributed by atoms with Crippen LogP contribution in [0.3, 0.4) is 0 Å². The Labute approximate surface area is 122 Å². The number of aliphatic hydroxyl groups is 1. The summed E-state index contributed by atoms with van der Waals surface area (Å²) in [7, 11) is 0. The third-order valence-corrected chi connectivity index (χ3v) is 5.20. The molecule has 0 spiro atoms. The maximum Gasteiger partial charge on any atom is 0.108 e. The van der Waals surface area contributed by atoms with Crippen LogP contribution in [0.4, 0.5) is 0 Å². The Bertz CT molecular complexity index is 478. The summed E-state index contributed by atoms with van der Waals surface area (Å²) in [5, 5.41) is 21.2. The van der Waals surface area contributed by atoms with E-state index in [0.29, 0.717) is 12.3 Å². The van der Waals surface area contributed by atoms with E-state index in [4.69, 9.17) is 0 Å². The zero-order valence-electron chi connectivity index (χ0n) is 12.6. The summed E-state index contributed by atoms with van der Waals surface area (Å²) >= 11 is 0. The second kappa shape index (κ2) is 5.97. The van der Waals surface area contributed by atoms with Gasteiger partial charge in [-0.15, -0.1) is 0 Å². The third kappa shape index (κ3) is 2.36. The average Bonchev–Trinajstić information content (AvgIpc) is 2.54. The lowest BCUT2D eigenvalue weighted by atomic mass is 9.58. The fraction of sp³-hybridized carbons (Fsp3) is 0.611. The SMILES string of the molecule is CCC1CCCC(C#N)(C(O)(CC)c2ccccc2)C1. The van der Waals surface area contributed by atoms with Crippen molar-refractivity contribution in [1.82, 2.24) is 0 Å². The molecule has 0 radical (unpaired) electrons. The summed E-state index contributed by atoms with van der Waals surface area (Å²) in [5.74, 6) is 0.560. The first-order valence-corrected chi connectivity index (χ1v) is 7.81. The molecule has 108 valence electrons. The van der Waals surface area contributed by atoms with E-state index in [2.05, 4.69) is 13.0 Å². The molecule has 3 atom stereocenters. The molecule has 1 aliphatic rings. The molecule has 1 saturated carbocycles. The Hall–Kier alpha value is -1.33. The molecule has 0 aliphatic heterocycles. The van der Waals surface area contributed by atoms with E-state index in [0.717, 1.165) is 31.2 Å². The van der Waals surface area contributed by atoms with Gasteiger partial charge in [0.05, 0.1) is 11.5 Å². The highest BCUT2D eigenvalue weighted by atomic mass is 16.3. The standard InChI is InChI=1S/C18H25NO/c1-3-15-9-8-12-17(13-15,14-19)18(20,4-2)16-10-6-5-7-11-16/h5-7,10-11,15,20H,3-4,8-9,12-13H2,1-2H3. The maximum absolute atomic E-state index is 11.4. The molecule has 1 fully saturated rings. The number of hydrogen-bond donors (Lipinski definition) is 1. The van der Waals surface area contributed by atoms with Gasteiger partial charge in [-0.05, 0) is 30.7 Å². The van der Waals surface area contributed by atoms with Gasteiger partial charge in [0, 0.05) is 0 Å². The number of benzene rings is 1. The quantitative estimate of drug-likeness (QED) is 0.882. The molecule has 0 amide bonds. The Balaban J connectivity index is 2.44. The van der Waals surface area contributed by atoms with Gasteiger partial charge in [0.1, 0.15) is 5.60 Å². The molecule has 1 aliphatic carbocycles. The predicted octanol–water partition coefficient (Wildman–Crippen LogP) is 4.39. The van der Waals surface area contributed by atoms with Crippen LogP contribution in [0, 0.1) is 22.7 Å². The molecule has 20 heavy (non-hydrogen) atoms. The van der Waals surface area contributed by atoms with E-state index in [1.165, 1.54) is 6.42 Å². The number of rotatable bonds is 4. The second-order valence-corrected chi connectivity index (χ2v) is 6.14. The fourth-order valence-corrected chi connectivity index (χ4v) is 3.84. The minimum absolute atomic E-state index is 0.560. The topological polar surface area (TPSA) is 44.0 Å². The molecule has 2 rings (SSSR count). The van der Waals surface area contributed by atoms with Gasteiger partial charge >= 0.3 is 0 Å². The van der Waals surface area contributed by atoms with Crippen LogP contribution in [0.5, 0.6) is 0 Å². The van der Waals surface area contributed by atoms with E-state index < -0.39 is 11.0 Å². The number of hydrogen-bond acceptors (Lipinski definition) is 2. The highest BCUT2D eigenvalue weighted by Gasteiger charge is 2.52. The van der Waals surface area contributed by atoms with Gasteiger partial charge in [-0.2, -0.15) is 5.26 Å². The lowest BCUT2D eigenvalue weighted by molar-refractivity contribution is -0.0914. The lowest BCUT2D eigenvalue weighted by Gasteiger charge is -2.47. The van der Waals surface area contributed by atoms with Crippen molar-refractivity contribution in [2.75, 3.05) is 0 Å². The zero-order valence-corrected chi connectivity index (χ0v) is 12.6. The van der Waals surface area contributed by atoms with Gasteiger partial charge in [0.15, 0.2) is 0 Å². The number of nitrogens with zero attached hydrogens (tertiary/aromatic N) is 1. The molecule has 0 heterocycles. The van der Waals surface area contributed by atoms with Crippen molar-refractivity contribution in [1.29, 1.82) is 5.26 Å². The molecule has 1 N–H and O–H groups in total. The normalized spacial score (nSPS) is 29.4. The van der Waals surface area contributed by atoms with E-state index in [1.54, 1.807) is 0 Å². The molecule has 1 aromatic carbocycles. The summed E-state index contributed by atoms with van der Waals surface area (Å²) in [5.41, 5.74) is -0.778.